The van der Waals surface area contributed by atoms with Gasteiger partial charge in [-0.3, -0.25) is 4.90 Å². The van der Waals surface area contributed by atoms with E-state index in [0.717, 1.165) is 49.9 Å². The van der Waals surface area contributed by atoms with Crippen LogP contribution in [0.15, 0.2) is 24.3 Å². The summed E-state index contributed by atoms with van der Waals surface area (Å²) >= 11 is 0. The third kappa shape index (κ3) is 4.03. The van der Waals surface area contributed by atoms with Gasteiger partial charge in [0.1, 0.15) is 11.8 Å². The molecule has 1 aliphatic rings. The Morgan fingerprint density at radius 1 is 1.12 bits per heavy atom. The van der Waals surface area contributed by atoms with Crippen molar-refractivity contribution in [2.45, 2.75) is 19.5 Å². The molecule has 0 N–H and O–H groups in total. The summed E-state index contributed by atoms with van der Waals surface area (Å²) in [4.78, 5) is 4.91. The minimum absolute atomic E-state index is 0.0444. The lowest BCUT2D eigenvalue weighted by molar-refractivity contribution is 0.106. The number of piperazine rings is 1. The Morgan fingerprint density at radius 2 is 1.88 bits per heavy atom. The molecule has 8 heteroatoms. The largest absolute Gasteiger partial charge is 0.496 e. The zero-order valence-electron chi connectivity index (χ0n) is 15.8. The van der Waals surface area contributed by atoms with Crippen LogP contribution in [0.5, 0.6) is 5.75 Å². The van der Waals surface area contributed by atoms with E-state index in [1.807, 2.05) is 22.9 Å². The average molecular weight is 360 g/mol. The molecule has 1 aromatic heterocycles. The average Bonchev–Trinajstić information content (AvgIpc) is 3.15. The first-order chi connectivity index (χ1) is 12.8. The van der Waals surface area contributed by atoms with Gasteiger partial charge in [-0.15, -0.1) is 5.10 Å². The van der Waals surface area contributed by atoms with Gasteiger partial charge in [0.2, 0.25) is 0 Å². The minimum atomic E-state index is -0.0444. The summed E-state index contributed by atoms with van der Waals surface area (Å²) in [6, 6.07) is 8.08. The maximum atomic E-state index is 5.64. The van der Waals surface area contributed by atoms with Gasteiger partial charge in [-0.05, 0) is 23.0 Å². The Balaban J connectivity index is 1.96. The molecule has 26 heavy (non-hydrogen) atoms. The van der Waals surface area contributed by atoms with Crippen LogP contribution in [-0.2, 0) is 11.3 Å². The number of hydrogen-bond acceptors (Lipinski definition) is 7. The van der Waals surface area contributed by atoms with Crippen molar-refractivity contribution in [3.8, 4) is 5.75 Å². The fraction of sp³-hybridized carbons (Fsp3) is 0.611. The summed E-state index contributed by atoms with van der Waals surface area (Å²) in [5, 5.41) is 12.5. The molecule has 2 aromatic rings. The predicted octanol–water partition coefficient (Wildman–Crippen LogP) is 1.06. The van der Waals surface area contributed by atoms with E-state index in [9.17, 15) is 0 Å². The van der Waals surface area contributed by atoms with Crippen LogP contribution in [0.25, 0.3) is 0 Å². The smallest absolute Gasteiger partial charge is 0.173 e. The maximum absolute atomic E-state index is 5.64. The zero-order valence-corrected chi connectivity index (χ0v) is 15.8. The van der Waals surface area contributed by atoms with Crippen LogP contribution in [0.3, 0.4) is 0 Å². The first kappa shape index (κ1) is 18.8. The van der Waals surface area contributed by atoms with Gasteiger partial charge in [0, 0.05) is 38.9 Å². The second-order valence-electron chi connectivity index (χ2n) is 6.37. The first-order valence-electron chi connectivity index (χ1n) is 9.12. The van der Waals surface area contributed by atoms with E-state index >= 15 is 0 Å². The van der Waals surface area contributed by atoms with E-state index in [-0.39, 0.29) is 6.04 Å². The number of hydrogen-bond donors (Lipinski definition) is 0. The molecule has 1 aromatic carbocycles. The molecule has 1 unspecified atom stereocenters. The van der Waals surface area contributed by atoms with Crippen molar-refractivity contribution < 1.29 is 9.47 Å². The van der Waals surface area contributed by atoms with E-state index in [4.69, 9.17) is 9.47 Å². The monoisotopic (exact) mass is 360 g/mol. The van der Waals surface area contributed by atoms with Crippen LogP contribution < -0.4 is 4.74 Å². The molecule has 0 amide bonds. The Kier molecular flexibility index (Phi) is 6.54. The number of methoxy groups -OCH3 is 2. The van der Waals surface area contributed by atoms with Crippen molar-refractivity contribution in [2.75, 3.05) is 53.6 Å². The highest BCUT2D eigenvalue weighted by Crippen LogP contribution is 2.34. The second kappa shape index (κ2) is 9.07. The fourth-order valence-corrected chi connectivity index (χ4v) is 3.47. The molecular formula is C18H28N6O2. The normalized spacial score (nSPS) is 17.3. The van der Waals surface area contributed by atoms with E-state index in [1.54, 1.807) is 14.2 Å². The van der Waals surface area contributed by atoms with Crippen LogP contribution >= 0.6 is 0 Å². The maximum Gasteiger partial charge on any atom is 0.173 e. The van der Waals surface area contributed by atoms with E-state index in [2.05, 4.69) is 38.3 Å². The molecule has 1 fully saturated rings. The van der Waals surface area contributed by atoms with Crippen molar-refractivity contribution >= 4 is 0 Å². The van der Waals surface area contributed by atoms with Crippen molar-refractivity contribution in [3.05, 3.63) is 35.7 Å². The molecular weight excluding hydrogens is 332 g/mol. The van der Waals surface area contributed by atoms with Gasteiger partial charge in [0.25, 0.3) is 0 Å². The molecule has 0 aliphatic carbocycles. The minimum Gasteiger partial charge on any atom is -0.496 e. The number of nitrogens with zero attached hydrogens (tertiary/aromatic N) is 6. The molecule has 3 rings (SSSR count). The summed E-state index contributed by atoms with van der Waals surface area (Å²) in [5.74, 6) is 1.69. The summed E-state index contributed by atoms with van der Waals surface area (Å²) in [6.45, 7) is 8.50. The lowest BCUT2D eigenvalue weighted by Crippen LogP contribution is -2.48. The molecule has 1 aliphatic heterocycles. The zero-order chi connectivity index (χ0) is 18.4. The van der Waals surface area contributed by atoms with Gasteiger partial charge in [0.05, 0.1) is 20.3 Å². The van der Waals surface area contributed by atoms with Crippen LogP contribution in [0, 0.1) is 0 Å². The number of rotatable bonds is 8. The number of likely N-dealkylation sites (N-methyl/N-ethyl adjacent to an activating group) is 1. The summed E-state index contributed by atoms with van der Waals surface area (Å²) in [6.07, 6.45) is 0. The Hall–Kier alpha value is -2.03. The summed E-state index contributed by atoms with van der Waals surface area (Å²) in [7, 11) is 3.39. The third-order valence-electron chi connectivity index (χ3n) is 4.96. The number of para-hydroxylation sites is 1. The third-order valence-corrected chi connectivity index (χ3v) is 4.96. The molecule has 0 saturated carbocycles. The summed E-state index contributed by atoms with van der Waals surface area (Å²) in [5.41, 5.74) is 1.09. The Labute approximate surface area is 154 Å². The quantitative estimate of drug-likeness (QED) is 0.697. The number of benzene rings is 1. The highest BCUT2D eigenvalue weighted by Gasteiger charge is 2.32. The van der Waals surface area contributed by atoms with Crippen LogP contribution in [0.1, 0.15) is 24.4 Å². The van der Waals surface area contributed by atoms with Crippen molar-refractivity contribution in [2.24, 2.45) is 0 Å². The highest BCUT2D eigenvalue weighted by molar-refractivity contribution is 5.39. The number of tetrazole rings is 1. The molecule has 2 heterocycles. The molecule has 0 radical (unpaired) electrons. The van der Waals surface area contributed by atoms with Crippen molar-refractivity contribution in [1.29, 1.82) is 0 Å². The van der Waals surface area contributed by atoms with Crippen LogP contribution in [-0.4, -0.2) is 83.6 Å². The molecule has 1 atom stereocenters. The lowest BCUT2D eigenvalue weighted by Gasteiger charge is -2.38. The van der Waals surface area contributed by atoms with Gasteiger partial charge in [-0.1, -0.05) is 25.1 Å². The molecule has 8 nitrogen and oxygen atoms in total. The highest BCUT2D eigenvalue weighted by atomic mass is 16.5. The number of ether oxygens (including phenoxy) is 2. The Bertz CT molecular complexity index is 684. The number of aromatic nitrogens is 4. The molecule has 142 valence electrons. The van der Waals surface area contributed by atoms with Gasteiger partial charge >= 0.3 is 0 Å². The second-order valence-corrected chi connectivity index (χ2v) is 6.37. The lowest BCUT2D eigenvalue weighted by atomic mass is 10.0. The van der Waals surface area contributed by atoms with Crippen molar-refractivity contribution in [1.82, 2.24) is 30.0 Å². The molecule has 0 spiro atoms. The van der Waals surface area contributed by atoms with Crippen molar-refractivity contribution in [3.63, 3.8) is 0 Å². The van der Waals surface area contributed by atoms with E-state index < -0.39 is 0 Å². The molecule has 1 saturated heterocycles. The Morgan fingerprint density at radius 3 is 2.58 bits per heavy atom. The van der Waals surface area contributed by atoms with Gasteiger partial charge < -0.3 is 14.4 Å². The summed E-state index contributed by atoms with van der Waals surface area (Å²) < 4.78 is 12.7. The topological polar surface area (TPSA) is 68.5 Å². The molecule has 0 bridgehead atoms. The SMILES string of the molecule is CCN1CCN(C(c2ccccc2OC)c2nnnn2CCOC)CC1. The van der Waals surface area contributed by atoms with Gasteiger partial charge in [-0.25, -0.2) is 4.68 Å². The fourth-order valence-electron chi connectivity index (χ4n) is 3.47. The first-order valence-corrected chi connectivity index (χ1v) is 9.12. The van der Waals surface area contributed by atoms with E-state index in [0.29, 0.717) is 13.2 Å². The standard InChI is InChI=1S/C18H28N6O2/c1-4-22-9-11-23(12-10-22)17(15-7-5-6-8-16(15)26-3)18-19-20-21-24(18)13-14-25-2/h5-8,17H,4,9-14H2,1-3H3. The van der Waals surface area contributed by atoms with Crippen LogP contribution in [0.2, 0.25) is 0 Å². The van der Waals surface area contributed by atoms with E-state index in [1.165, 1.54) is 0 Å². The van der Waals surface area contributed by atoms with Gasteiger partial charge in [-0.2, -0.15) is 0 Å². The van der Waals surface area contributed by atoms with Crippen LogP contribution in [0.4, 0.5) is 0 Å². The van der Waals surface area contributed by atoms with Gasteiger partial charge in [0.15, 0.2) is 5.82 Å². The predicted molar refractivity (Wildman–Crippen MR) is 98.2 cm³/mol.